The second-order valence-electron chi connectivity index (χ2n) is 6.47. The van der Waals surface area contributed by atoms with Gasteiger partial charge in [-0.2, -0.15) is 4.31 Å². The quantitative estimate of drug-likeness (QED) is 0.611. The van der Waals surface area contributed by atoms with Crippen LogP contribution in [0, 0.1) is 5.82 Å². The number of halogens is 1. The van der Waals surface area contributed by atoms with Crippen molar-refractivity contribution in [2.24, 2.45) is 0 Å². The zero-order chi connectivity index (χ0) is 21.4. The van der Waals surface area contributed by atoms with Crippen molar-refractivity contribution in [1.82, 2.24) is 4.31 Å². The molecule has 0 heterocycles. The zero-order valence-electron chi connectivity index (χ0n) is 17.0. The molecule has 0 saturated carbocycles. The Balaban J connectivity index is 2.23. The highest BCUT2D eigenvalue weighted by atomic mass is 32.2. The molecule has 8 heteroatoms. The predicted octanol–water partition coefficient (Wildman–Crippen LogP) is 3.86. The second kappa shape index (κ2) is 10.4. The monoisotopic (exact) mass is 421 g/mol. The van der Waals surface area contributed by atoms with E-state index in [1.807, 2.05) is 6.92 Å². The third-order valence-electron chi connectivity index (χ3n) is 4.55. The number of aryl methyl sites for hydroxylation is 1. The number of anilines is 2. The van der Waals surface area contributed by atoms with Gasteiger partial charge >= 0.3 is 0 Å². The molecule has 2 aromatic carbocycles. The Kier molecular flexibility index (Phi) is 8.16. The summed E-state index contributed by atoms with van der Waals surface area (Å²) < 4.78 is 40.7. The summed E-state index contributed by atoms with van der Waals surface area (Å²) in [6.45, 7) is 6.79. The Morgan fingerprint density at radius 1 is 1.03 bits per heavy atom. The minimum absolute atomic E-state index is 0.0829. The van der Waals surface area contributed by atoms with Gasteiger partial charge in [-0.15, -0.1) is 0 Å². The van der Waals surface area contributed by atoms with Crippen molar-refractivity contribution in [3.8, 4) is 0 Å². The summed E-state index contributed by atoms with van der Waals surface area (Å²) in [7, 11) is -3.65. The van der Waals surface area contributed by atoms with Gasteiger partial charge in [-0.05, 0) is 43.2 Å². The van der Waals surface area contributed by atoms with Gasteiger partial charge in [-0.1, -0.05) is 32.0 Å². The van der Waals surface area contributed by atoms with E-state index in [2.05, 4.69) is 10.6 Å². The van der Waals surface area contributed by atoms with Gasteiger partial charge in [0.05, 0.1) is 16.3 Å². The van der Waals surface area contributed by atoms with Crippen LogP contribution in [0.25, 0.3) is 0 Å². The molecule has 2 N–H and O–H groups in total. The molecule has 0 unspecified atom stereocenters. The van der Waals surface area contributed by atoms with Crippen molar-refractivity contribution in [3.63, 3.8) is 0 Å². The molecule has 0 aliphatic heterocycles. The number of nitrogens with zero attached hydrogens (tertiary/aromatic N) is 1. The van der Waals surface area contributed by atoms with Gasteiger partial charge in [0.2, 0.25) is 15.9 Å². The average Bonchev–Trinajstić information content (AvgIpc) is 2.69. The molecule has 0 bridgehead atoms. The van der Waals surface area contributed by atoms with Gasteiger partial charge in [-0.3, -0.25) is 4.79 Å². The van der Waals surface area contributed by atoms with Crippen LogP contribution >= 0.6 is 0 Å². The van der Waals surface area contributed by atoms with Crippen LogP contribution in [-0.4, -0.2) is 38.3 Å². The summed E-state index contributed by atoms with van der Waals surface area (Å²) in [5.74, 6) is -0.661. The van der Waals surface area contributed by atoms with Crippen LogP contribution in [0.3, 0.4) is 0 Å². The number of carbonyl (C=O) groups is 1. The molecule has 158 valence electrons. The number of hydrogen-bond donors (Lipinski definition) is 2. The first-order chi connectivity index (χ1) is 13.8. The van der Waals surface area contributed by atoms with E-state index in [4.69, 9.17) is 0 Å². The van der Waals surface area contributed by atoms with Crippen molar-refractivity contribution in [2.45, 2.75) is 38.5 Å². The summed E-state index contributed by atoms with van der Waals surface area (Å²) >= 11 is 0. The summed E-state index contributed by atoms with van der Waals surface area (Å²) in [6, 6.07) is 11.0. The van der Waals surface area contributed by atoms with Crippen molar-refractivity contribution < 1.29 is 17.6 Å². The lowest BCUT2D eigenvalue weighted by Gasteiger charge is -2.20. The summed E-state index contributed by atoms with van der Waals surface area (Å²) in [6.07, 6.45) is 0.339. The lowest BCUT2D eigenvalue weighted by atomic mass is 10.1. The van der Waals surface area contributed by atoms with E-state index in [1.165, 1.54) is 22.5 Å². The average molecular weight is 422 g/mol. The second-order valence-corrected chi connectivity index (χ2v) is 8.40. The molecule has 0 aliphatic rings. The minimum Gasteiger partial charge on any atom is -0.384 e. The zero-order valence-corrected chi connectivity index (χ0v) is 17.9. The molecule has 0 fully saturated rings. The minimum atomic E-state index is -3.65. The standard InChI is InChI=1S/C21H28FN3O3S/c1-4-23-19-13-12-17(29(27,28)25(5-2)6-3)15-20(19)24-21(26)14-11-16-9-7-8-10-18(16)22/h7-10,12-13,15,23H,4-6,11,14H2,1-3H3,(H,24,26). The Bertz CT molecular complexity index is 944. The Morgan fingerprint density at radius 2 is 1.72 bits per heavy atom. The molecule has 0 aliphatic carbocycles. The van der Waals surface area contributed by atoms with Gasteiger partial charge in [-0.25, -0.2) is 12.8 Å². The number of nitrogens with one attached hydrogen (secondary N) is 2. The van der Waals surface area contributed by atoms with Crippen LogP contribution in [0.15, 0.2) is 47.4 Å². The molecule has 0 spiro atoms. The molecule has 2 rings (SSSR count). The van der Waals surface area contributed by atoms with Crippen molar-refractivity contribution in [1.29, 1.82) is 0 Å². The van der Waals surface area contributed by atoms with E-state index in [-0.39, 0.29) is 29.5 Å². The van der Waals surface area contributed by atoms with E-state index >= 15 is 0 Å². The third kappa shape index (κ3) is 5.77. The predicted molar refractivity (Wildman–Crippen MR) is 114 cm³/mol. The highest BCUT2D eigenvalue weighted by Gasteiger charge is 2.23. The number of sulfonamides is 1. The molecule has 0 aromatic heterocycles. The number of hydrogen-bond acceptors (Lipinski definition) is 4. The maximum atomic E-state index is 13.7. The first-order valence-corrected chi connectivity index (χ1v) is 11.2. The molecule has 29 heavy (non-hydrogen) atoms. The third-order valence-corrected chi connectivity index (χ3v) is 6.60. The number of amides is 1. The summed E-state index contributed by atoms with van der Waals surface area (Å²) in [4.78, 5) is 12.6. The van der Waals surface area contributed by atoms with Crippen LogP contribution in [0.4, 0.5) is 15.8 Å². The van der Waals surface area contributed by atoms with Crippen LogP contribution in [-0.2, 0) is 21.2 Å². The van der Waals surface area contributed by atoms with Gasteiger partial charge in [0, 0.05) is 26.1 Å². The van der Waals surface area contributed by atoms with Crippen molar-refractivity contribution in [3.05, 3.63) is 53.8 Å². The smallest absolute Gasteiger partial charge is 0.243 e. The highest BCUT2D eigenvalue weighted by molar-refractivity contribution is 7.89. The largest absolute Gasteiger partial charge is 0.384 e. The van der Waals surface area contributed by atoms with E-state index in [0.29, 0.717) is 36.6 Å². The topological polar surface area (TPSA) is 78.5 Å². The van der Waals surface area contributed by atoms with Crippen LogP contribution in [0.2, 0.25) is 0 Å². The molecule has 1 amide bonds. The van der Waals surface area contributed by atoms with E-state index < -0.39 is 10.0 Å². The fourth-order valence-electron chi connectivity index (χ4n) is 3.01. The highest BCUT2D eigenvalue weighted by Crippen LogP contribution is 2.27. The van der Waals surface area contributed by atoms with Crippen LogP contribution in [0.5, 0.6) is 0 Å². The maximum Gasteiger partial charge on any atom is 0.243 e. The SMILES string of the molecule is CCNc1ccc(S(=O)(=O)N(CC)CC)cc1NC(=O)CCc1ccccc1F. The Morgan fingerprint density at radius 3 is 2.34 bits per heavy atom. The van der Waals surface area contributed by atoms with Gasteiger partial charge in [0.25, 0.3) is 0 Å². The van der Waals surface area contributed by atoms with E-state index in [1.54, 1.807) is 38.1 Å². The number of benzene rings is 2. The van der Waals surface area contributed by atoms with Gasteiger partial charge < -0.3 is 10.6 Å². The maximum absolute atomic E-state index is 13.7. The fourth-order valence-corrected chi connectivity index (χ4v) is 4.49. The van der Waals surface area contributed by atoms with Gasteiger partial charge in [0.1, 0.15) is 5.82 Å². The van der Waals surface area contributed by atoms with Crippen molar-refractivity contribution >= 4 is 27.3 Å². The molecule has 6 nitrogen and oxygen atoms in total. The summed E-state index contributed by atoms with van der Waals surface area (Å²) in [5, 5.41) is 5.88. The molecular formula is C21H28FN3O3S. The van der Waals surface area contributed by atoms with Crippen LogP contribution in [0.1, 0.15) is 32.8 Å². The van der Waals surface area contributed by atoms with E-state index in [0.717, 1.165) is 0 Å². The normalized spacial score (nSPS) is 11.5. The number of rotatable bonds is 10. The molecule has 0 atom stereocenters. The molecule has 2 aromatic rings. The Labute approximate surface area is 172 Å². The lowest BCUT2D eigenvalue weighted by Crippen LogP contribution is -2.30. The summed E-state index contributed by atoms with van der Waals surface area (Å²) in [5.41, 5.74) is 1.48. The first kappa shape index (κ1) is 22.8. The molecular weight excluding hydrogens is 393 g/mol. The van der Waals surface area contributed by atoms with Gasteiger partial charge in [0.15, 0.2) is 0 Å². The lowest BCUT2D eigenvalue weighted by molar-refractivity contribution is -0.116. The molecule has 0 radical (unpaired) electrons. The first-order valence-electron chi connectivity index (χ1n) is 9.74. The van der Waals surface area contributed by atoms with Crippen molar-refractivity contribution in [2.75, 3.05) is 30.3 Å². The molecule has 0 saturated heterocycles. The van der Waals surface area contributed by atoms with E-state index in [9.17, 15) is 17.6 Å². The number of carbonyl (C=O) groups excluding carboxylic acids is 1. The fraction of sp³-hybridized carbons (Fsp3) is 0.381. The Hall–Kier alpha value is -2.45. The van der Waals surface area contributed by atoms with Crippen LogP contribution < -0.4 is 10.6 Å².